The fraction of sp³-hybridized carbons (Fsp3) is 0.550. The van der Waals surface area contributed by atoms with Gasteiger partial charge in [-0.3, -0.25) is 0 Å². The molecule has 0 heterocycles. The molecule has 0 saturated heterocycles. The van der Waals surface area contributed by atoms with Gasteiger partial charge in [0.05, 0.1) is 5.92 Å². The lowest BCUT2D eigenvalue weighted by molar-refractivity contribution is -0.223. The Kier molecular flexibility index (Phi) is 6.97. The monoisotopic (exact) mass is 352 g/mol. The van der Waals surface area contributed by atoms with Crippen molar-refractivity contribution in [1.82, 2.24) is 0 Å². The van der Waals surface area contributed by atoms with Crippen LogP contribution in [-0.4, -0.2) is 17.2 Å². The number of carbonyl (C=O) groups is 1. The van der Waals surface area contributed by atoms with E-state index in [0.29, 0.717) is 24.3 Å². The molecule has 1 N–H and O–H groups in total. The van der Waals surface area contributed by atoms with Crippen LogP contribution in [0, 0.1) is 11.8 Å². The standard InChI is InChI=1S/C20H26F2O3/c1-2-3-4-15-5-10-17(11-6-15)20(21,22)25-18-12-7-16(8-13-18)9-14-19(23)24/h7-9,12-15,17H,2-6,10-11H2,1H3,(H,23,24)/b14-9+. The maximum atomic E-state index is 14.4. The number of ether oxygens (including phenoxy) is 1. The number of alkyl halides is 2. The second-order valence-corrected chi connectivity index (χ2v) is 6.76. The van der Waals surface area contributed by atoms with Gasteiger partial charge in [-0.05, 0) is 55.4 Å². The molecule has 1 fully saturated rings. The van der Waals surface area contributed by atoms with Crippen molar-refractivity contribution in [2.24, 2.45) is 11.8 Å². The van der Waals surface area contributed by atoms with Crippen molar-refractivity contribution >= 4 is 12.0 Å². The van der Waals surface area contributed by atoms with E-state index in [1.165, 1.54) is 24.6 Å². The first-order valence-corrected chi connectivity index (χ1v) is 8.98. The lowest BCUT2D eigenvalue weighted by Gasteiger charge is -2.33. The molecule has 2 rings (SSSR count). The molecular formula is C20H26F2O3. The molecule has 25 heavy (non-hydrogen) atoms. The van der Waals surface area contributed by atoms with E-state index in [1.54, 1.807) is 12.1 Å². The summed E-state index contributed by atoms with van der Waals surface area (Å²) in [5.41, 5.74) is 0.620. The summed E-state index contributed by atoms with van der Waals surface area (Å²) in [6.45, 7) is 2.15. The highest BCUT2D eigenvalue weighted by Gasteiger charge is 2.43. The number of halogens is 2. The van der Waals surface area contributed by atoms with Gasteiger partial charge in [-0.2, -0.15) is 8.78 Å². The molecule has 0 amide bonds. The van der Waals surface area contributed by atoms with Crippen LogP contribution in [0.1, 0.15) is 57.4 Å². The van der Waals surface area contributed by atoms with Crippen LogP contribution in [0.3, 0.4) is 0 Å². The Bertz CT molecular complexity index is 573. The molecule has 1 aromatic carbocycles. The summed E-state index contributed by atoms with van der Waals surface area (Å²) in [7, 11) is 0. The van der Waals surface area contributed by atoms with Crippen molar-refractivity contribution in [2.75, 3.05) is 0 Å². The van der Waals surface area contributed by atoms with Crippen molar-refractivity contribution < 1.29 is 23.4 Å². The smallest absolute Gasteiger partial charge is 0.400 e. The second-order valence-electron chi connectivity index (χ2n) is 6.76. The Balaban J connectivity index is 1.89. The molecule has 1 aliphatic carbocycles. The van der Waals surface area contributed by atoms with E-state index in [4.69, 9.17) is 9.84 Å². The fourth-order valence-corrected chi connectivity index (χ4v) is 3.33. The van der Waals surface area contributed by atoms with Crippen LogP contribution in [0.5, 0.6) is 5.75 Å². The molecule has 1 aliphatic rings. The van der Waals surface area contributed by atoms with Crippen LogP contribution in [0.15, 0.2) is 30.3 Å². The van der Waals surface area contributed by atoms with E-state index in [9.17, 15) is 13.6 Å². The molecule has 138 valence electrons. The van der Waals surface area contributed by atoms with Crippen LogP contribution in [-0.2, 0) is 4.79 Å². The van der Waals surface area contributed by atoms with Crippen LogP contribution in [0.25, 0.3) is 6.08 Å². The van der Waals surface area contributed by atoms with Crippen molar-refractivity contribution in [1.29, 1.82) is 0 Å². The van der Waals surface area contributed by atoms with Crippen molar-refractivity contribution in [2.45, 2.75) is 58.0 Å². The summed E-state index contributed by atoms with van der Waals surface area (Å²) in [5.74, 6) is -1.11. The van der Waals surface area contributed by atoms with Crippen molar-refractivity contribution in [3.63, 3.8) is 0 Å². The third-order valence-corrected chi connectivity index (χ3v) is 4.84. The van der Waals surface area contributed by atoms with Gasteiger partial charge in [0.25, 0.3) is 0 Å². The Hall–Kier alpha value is -1.91. The minimum Gasteiger partial charge on any atom is -0.478 e. The molecule has 0 bridgehead atoms. The molecule has 3 nitrogen and oxygen atoms in total. The summed E-state index contributed by atoms with van der Waals surface area (Å²) in [5, 5.41) is 8.58. The number of carboxylic acids is 1. The number of carboxylic acid groups (broad SMARTS) is 1. The fourth-order valence-electron chi connectivity index (χ4n) is 3.33. The Morgan fingerprint density at radius 3 is 2.44 bits per heavy atom. The summed E-state index contributed by atoms with van der Waals surface area (Å²) < 4.78 is 33.8. The predicted molar refractivity (Wildman–Crippen MR) is 93.7 cm³/mol. The van der Waals surface area contributed by atoms with Crippen LogP contribution < -0.4 is 4.74 Å². The molecule has 0 spiro atoms. The lowest BCUT2D eigenvalue weighted by atomic mass is 9.79. The summed E-state index contributed by atoms with van der Waals surface area (Å²) in [4.78, 5) is 10.5. The van der Waals surface area contributed by atoms with Crippen molar-refractivity contribution in [3.05, 3.63) is 35.9 Å². The SMILES string of the molecule is CCCCC1CCC(C(F)(F)Oc2ccc(/C=C/C(=O)O)cc2)CC1. The molecule has 1 aromatic rings. The van der Waals surface area contributed by atoms with E-state index in [-0.39, 0.29) is 5.75 Å². The maximum absolute atomic E-state index is 14.4. The van der Waals surface area contributed by atoms with Gasteiger partial charge in [0.2, 0.25) is 0 Å². The highest BCUT2D eigenvalue weighted by molar-refractivity contribution is 5.85. The van der Waals surface area contributed by atoms with Gasteiger partial charge >= 0.3 is 12.1 Å². The van der Waals surface area contributed by atoms with Gasteiger partial charge in [-0.25, -0.2) is 4.79 Å². The zero-order chi connectivity index (χ0) is 18.3. The number of hydrogen-bond acceptors (Lipinski definition) is 2. The number of hydrogen-bond donors (Lipinski definition) is 1. The number of aliphatic carboxylic acids is 1. The number of benzene rings is 1. The quantitative estimate of drug-likeness (QED) is 0.606. The van der Waals surface area contributed by atoms with Crippen molar-refractivity contribution in [3.8, 4) is 5.75 Å². The average Bonchev–Trinajstić information content (AvgIpc) is 2.59. The lowest BCUT2D eigenvalue weighted by Crippen LogP contribution is -2.37. The zero-order valence-corrected chi connectivity index (χ0v) is 14.6. The second kappa shape index (κ2) is 8.97. The Labute approximate surface area is 147 Å². The third-order valence-electron chi connectivity index (χ3n) is 4.84. The van der Waals surface area contributed by atoms with Gasteiger partial charge in [-0.1, -0.05) is 38.3 Å². The molecule has 0 aromatic heterocycles. The first kappa shape index (κ1) is 19.4. The molecule has 0 atom stereocenters. The maximum Gasteiger partial charge on any atom is 0.400 e. The highest BCUT2D eigenvalue weighted by atomic mass is 19.3. The van der Waals surface area contributed by atoms with Crippen LogP contribution in [0.2, 0.25) is 0 Å². The Morgan fingerprint density at radius 1 is 1.24 bits per heavy atom. The molecule has 0 unspecified atom stereocenters. The molecule has 0 aliphatic heterocycles. The van der Waals surface area contributed by atoms with E-state index in [1.807, 2.05) is 0 Å². The Morgan fingerprint density at radius 2 is 1.88 bits per heavy atom. The average molecular weight is 352 g/mol. The van der Waals surface area contributed by atoms with Gasteiger partial charge in [0.15, 0.2) is 0 Å². The van der Waals surface area contributed by atoms with Gasteiger partial charge in [0.1, 0.15) is 5.75 Å². The normalized spacial score (nSPS) is 21.4. The molecular weight excluding hydrogens is 326 g/mol. The van der Waals surface area contributed by atoms with Gasteiger partial charge in [-0.15, -0.1) is 0 Å². The summed E-state index contributed by atoms with van der Waals surface area (Å²) in [6, 6.07) is 6.02. The summed E-state index contributed by atoms with van der Waals surface area (Å²) >= 11 is 0. The molecule has 1 saturated carbocycles. The van der Waals surface area contributed by atoms with Gasteiger partial charge in [0, 0.05) is 6.08 Å². The number of rotatable bonds is 8. The summed E-state index contributed by atoms with van der Waals surface area (Å²) in [6.07, 6.45) is 5.40. The van der Waals surface area contributed by atoms with Crippen LogP contribution in [0.4, 0.5) is 8.78 Å². The van der Waals surface area contributed by atoms with E-state index in [0.717, 1.165) is 31.8 Å². The zero-order valence-electron chi connectivity index (χ0n) is 14.6. The largest absolute Gasteiger partial charge is 0.478 e. The highest BCUT2D eigenvalue weighted by Crippen LogP contribution is 2.41. The van der Waals surface area contributed by atoms with E-state index in [2.05, 4.69) is 6.92 Å². The first-order valence-electron chi connectivity index (χ1n) is 8.98. The first-order chi connectivity index (χ1) is 11.9. The van der Waals surface area contributed by atoms with Crippen LogP contribution >= 0.6 is 0 Å². The van der Waals surface area contributed by atoms with E-state index >= 15 is 0 Å². The molecule has 5 heteroatoms. The minimum atomic E-state index is -3.17. The molecule has 0 radical (unpaired) electrons. The minimum absolute atomic E-state index is 0.102. The predicted octanol–water partition coefficient (Wildman–Crippen LogP) is 5.75. The topological polar surface area (TPSA) is 46.5 Å². The van der Waals surface area contributed by atoms with Gasteiger partial charge < -0.3 is 9.84 Å². The number of unbranched alkanes of at least 4 members (excludes halogenated alkanes) is 1. The van der Waals surface area contributed by atoms with E-state index < -0.39 is 18.0 Å². The third kappa shape index (κ3) is 6.15.